The van der Waals surface area contributed by atoms with Crippen LogP contribution in [0.3, 0.4) is 0 Å². The third-order valence-corrected chi connectivity index (χ3v) is 11.1. The number of rotatable bonds is 12. The topological polar surface area (TPSA) is 155 Å². The second-order valence-electron chi connectivity index (χ2n) is 13.9. The average Bonchev–Trinajstić information content (AvgIpc) is 3.70. The Labute approximate surface area is 318 Å². The Balaban J connectivity index is 1.14. The molecule has 3 aliphatic heterocycles. The van der Waals surface area contributed by atoms with E-state index in [-0.39, 0.29) is 42.8 Å². The van der Waals surface area contributed by atoms with Gasteiger partial charge >= 0.3 is 0 Å². The maximum Gasteiger partial charge on any atom is 0.247 e. The van der Waals surface area contributed by atoms with E-state index in [4.69, 9.17) is 39.4 Å². The number of hydrogen-bond donors (Lipinski definition) is 4. The molecule has 2 saturated heterocycles. The van der Waals surface area contributed by atoms with Crippen LogP contribution in [0, 0.1) is 0 Å². The Kier molecular flexibility index (Phi) is 11.0. The molecule has 11 nitrogen and oxygen atoms in total. The standard InChI is InChI=1S/C40H43Cl2N7O4/c41-29-13-11-27(32(42)21-29)20-34(47-37(50)33-19-26-8-3-4-9-28(26)22-46-33)38(51)49-35(10-5-17-45-40(43)44)39(52)48-30(14-16-36(48)49)23-53-31-15-12-24-6-1-2-7-25(24)18-31/h1-4,6-9,11-13,15,18,21,30,33-36,46H,5,10,14,16-17,19-20,22-23H2,(H,47,50)(H4,43,44,45)/t30-,33+,34-,35+,36?/m1/s1. The lowest BCUT2D eigenvalue weighted by Crippen LogP contribution is -2.57. The lowest BCUT2D eigenvalue weighted by Gasteiger charge is -2.33. The van der Waals surface area contributed by atoms with Crippen molar-refractivity contribution in [1.82, 2.24) is 20.4 Å². The summed E-state index contributed by atoms with van der Waals surface area (Å²) in [5, 5.41) is 9.39. The average molecular weight is 757 g/mol. The van der Waals surface area contributed by atoms with Crippen LogP contribution in [0.1, 0.15) is 42.4 Å². The van der Waals surface area contributed by atoms with Crippen molar-refractivity contribution >= 4 is 57.7 Å². The van der Waals surface area contributed by atoms with Gasteiger partial charge < -0.3 is 36.6 Å². The van der Waals surface area contributed by atoms with E-state index in [9.17, 15) is 14.4 Å². The lowest BCUT2D eigenvalue weighted by atomic mass is 9.95. The van der Waals surface area contributed by atoms with Crippen LogP contribution in [0.4, 0.5) is 0 Å². The number of nitrogens with zero attached hydrogens (tertiary/aromatic N) is 3. The highest BCUT2D eigenvalue weighted by Crippen LogP contribution is 2.38. The van der Waals surface area contributed by atoms with Gasteiger partial charge in [-0.25, -0.2) is 0 Å². The summed E-state index contributed by atoms with van der Waals surface area (Å²) in [7, 11) is 0. The minimum absolute atomic E-state index is 0.0382. The molecule has 0 aromatic heterocycles. The molecule has 276 valence electrons. The van der Waals surface area contributed by atoms with Crippen LogP contribution in [0.15, 0.2) is 89.9 Å². The minimum atomic E-state index is -1.01. The Hall–Kier alpha value is -4.84. The molecule has 0 aliphatic carbocycles. The summed E-state index contributed by atoms with van der Waals surface area (Å²) in [5.41, 5.74) is 14.0. The van der Waals surface area contributed by atoms with Gasteiger partial charge in [-0.2, -0.15) is 0 Å². The Morgan fingerprint density at radius 2 is 1.74 bits per heavy atom. The Morgan fingerprint density at radius 1 is 0.962 bits per heavy atom. The van der Waals surface area contributed by atoms with Crippen molar-refractivity contribution in [3.8, 4) is 5.75 Å². The normalized spacial score (nSPS) is 21.2. The summed E-state index contributed by atoms with van der Waals surface area (Å²) in [6.07, 6.45) is 2.12. The zero-order chi connectivity index (χ0) is 37.1. The van der Waals surface area contributed by atoms with E-state index in [1.807, 2.05) is 66.7 Å². The molecule has 0 spiro atoms. The van der Waals surface area contributed by atoms with Gasteiger partial charge in [0.1, 0.15) is 30.6 Å². The van der Waals surface area contributed by atoms with Gasteiger partial charge in [-0.3, -0.25) is 19.4 Å². The molecule has 3 heterocycles. The van der Waals surface area contributed by atoms with E-state index in [2.05, 4.69) is 15.6 Å². The first kappa shape index (κ1) is 36.5. The third-order valence-electron chi connectivity index (χ3n) is 10.5. The number of hydrogen-bond acceptors (Lipinski definition) is 6. The molecule has 13 heteroatoms. The highest BCUT2D eigenvalue weighted by atomic mass is 35.5. The number of nitrogens with two attached hydrogens (primary N) is 2. The van der Waals surface area contributed by atoms with Crippen LogP contribution >= 0.6 is 23.2 Å². The van der Waals surface area contributed by atoms with Gasteiger partial charge in [-0.1, -0.05) is 83.9 Å². The molecule has 0 bridgehead atoms. The summed E-state index contributed by atoms with van der Waals surface area (Å²) < 4.78 is 6.27. The van der Waals surface area contributed by atoms with Crippen LogP contribution in [-0.4, -0.2) is 77.0 Å². The third kappa shape index (κ3) is 8.07. The number of halogens is 2. The maximum atomic E-state index is 14.9. The van der Waals surface area contributed by atoms with E-state index in [1.54, 1.807) is 28.0 Å². The molecule has 4 aromatic carbocycles. The molecule has 6 N–H and O–H groups in total. The second-order valence-corrected chi connectivity index (χ2v) is 14.7. The highest BCUT2D eigenvalue weighted by molar-refractivity contribution is 6.35. The van der Waals surface area contributed by atoms with Gasteiger partial charge in [0.2, 0.25) is 17.7 Å². The fourth-order valence-electron chi connectivity index (χ4n) is 7.83. The quantitative estimate of drug-likeness (QED) is 0.0940. The molecule has 0 saturated carbocycles. The smallest absolute Gasteiger partial charge is 0.247 e. The van der Waals surface area contributed by atoms with Gasteiger partial charge in [-0.05, 0) is 83.8 Å². The Bertz CT molecular complexity index is 2040. The minimum Gasteiger partial charge on any atom is -0.491 e. The number of carbonyl (C=O) groups is 3. The van der Waals surface area contributed by atoms with Gasteiger partial charge in [0, 0.05) is 29.6 Å². The first-order valence-electron chi connectivity index (χ1n) is 18.0. The van der Waals surface area contributed by atoms with Gasteiger partial charge in [0.15, 0.2) is 5.96 Å². The number of fused-ring (bicyclic) bond motifs is 3. The van der Waals surface area contributed by atoms with E-state index in [0.717, 1.165) is 21.9 Å². The fraction of sp³-hybridized carbons (Fsp3) is 0.350. The molecular formula is C40H43Cl2N7O4. The second kappa shape index (κ2) is 16.0. The monoisotopic (exact) mass is 755 g/mol. The van der Waals surface area contributed by atoms with Gasteiger partial charge in [0.05, 0.1) is 12.1 Å². The number of carbonyl (C=O) groups excluding carboxylic acids is 3. The molecular weight excluding hydrogens is 713 g/mol. The first-order chi connectivity index (χ1) is 25.7. The molecule has 4 aromatic rings. The number of benzene rings is 4. The molecule has 2 fully saturated rings. The summed E-state index contributed by atoms with van der Waals surface area (Å²) in [5.74, 6) is -0.143. The zero-order valence-electron chi connectivity index (χ0n) is 29.2. The van der Waals surface area contributed by atoms with Gasteiger partial charge in [-0.15, -0.1) is 0 Å². The number of nitrogens with one attached hydrogen (secondary N) is 2. The van der Waals surface area contributed by atoms with Crippen LogP contribution in [0.2, 0.25) is 10.0 Å². The van der Waals surface area contributed by atoms with E-state index in [1.165, 1.54) is 0 Å². The fourth-order valence-corrected chi connectivity index (χ4v) is 8.32. The number of ether oxygens (including phenoxy) is 1. The predicted octanol–water partition coefficient (Wildman–Crippen LogP) is 4.55. The number of guanidine groups is 1. The first-order valence-corrected chi connectivity index (χ1v) is 18.8. The number of aliphatic imine (C=N–C) groups is 1. The van der Waals surface area contributed by atoms with Crippen molar-refractivity contribution in [3.63, 3.8) is 0 Å². The van der Waals surface area contributed by atoms with E-state index < -0.39 is 24.3 Å². The maximum absolute atomic E-state index is 14.9. The van der Waals surface area contributed by atoms with Crippen LogP contribution in [-0.2, 0) is 33.8 Å². The molecule has 0 radical (unpaired) electrons. The SMILES string of the molecule is NC(N)=NCCC[C@H]1C(=O)N2C(CC[C@@H]2COc2ccc3ccccc3c2)N1C(=O)[C@@H](Cc1ccc(Cl)cc1Cl)NC(=O)[C@@H]1Cc2ccccc2CN1. The highest BCUT2D eigenvalue weighted by Gasteiger charge is 2.54. The van der Waals surface area contributed by atoms with Crippen molar-refractivity contribution in [3.05, 3.63) is 112 Å². The summed E-state index contributed by atoms with van der Waals surface area (Å²) in [6.45, 7) is 1.12. The van der Waals surface area contributed by atoms with Crippen LogP contribution in [0.5, 0.6) is 5.75 Å². The molecule has 5 atom stereocenters. The molecule has 53 heavy (non-hydrogen) atoms. The zero-order valence-corrected chi connectivity index (χ0v) is 30.7. The van der Waals surface area contributed by atoms with Crippen LogP contribution < -0.4 is 26.8 Å². The lowest BCUT2D eigenvalue weighted by molar-refractivity contribution is -0.141. The number of amides is 3. The van der Waals surface area contributed by atoms with E-state index in [0.29, 0.717) is 66.6 Å². The van der Waals surface area contributed by atoms with Crippen molar-refractivity contribution in [2.75, 3.05) is 13.2 Å². The summed E-state index contributed by atoms with van der Waals surface area (Å²) in [6, 6.07) is 24.5. The molecule has 7 rings (SSSR count). The molecule has 1 unspecified atom stereocenters. The van der Waals surface area contributed by atoms with Gasteiger partial charge in [0.25, 0.3) is 0 Å². The summed E-state index contributed by atoms with van der Waals surface area (Å²) >= 11 is 12.8. The van der Waals surface area contributed by atoms with Crippen molar-refractivity contribution in [1.29, 1.82) is 0 Å². The van der Waals surface area contributed by atoms with Crippen molar-refractivity contribution < 1.29 is 19.1 Å². The molecule has 3 aliphatic rings. The largest absolute Gasteiger partial charge is 0.491 e. The van der Waals surface area contributed by atoms with Crippen LogP contribution in [0.25, 0.3) is 10.8 Å². The summed E-state index contributed by atoms with van der Waals surface area (Å²) in [4.78, 5) is 50.8. The molecule has 3 amide bonds. The van der Waals surface area contributed by atoms with Crippen molar-refractivity contribution in [2.24, 2.45) is 16.5 Å². The van der Waals surface area contributed by atoms with Crippen molar-refractivity contribution in [2.45, 2.75) is 75.4 Å². The Morgan fingerprint density at radius 3 is 2.53 bits per heavy atom. The predicted molar refractivity (Wildman–Crippen MR) is 207 cm³/mol. The van der Waals surface area contributed by atoms with E-state index >= 15 is 0 Å².